The van der Waals surface area contributed by atoms with Gasteiger partial charge in [0.05, 0.1) is 13.2 Å². The molecular weight excluding hydrogens is 248 g/mol. The molecule has 1 N–H and O–H groups in total. The lowest BCUT2D eigenvalue weighted by atomic mass is 9.85. The Labute approximate surface area is 109 Å². The summed E-state index contributed by atoms with van der Waals surface area (Å²) in [6.45, 7) is 2.04. The van der Waals surface area contributed by atoms with E-state index in [0.29, 0.717) is 11.5 Å². The molecule has 3 heterocycles. The van der Waals surface area contributed by atoms with Gasteiger partial charge >= 0.3 is 5.97 Å². The first-order valence-electron chi connectivity index (χ1n) is 5.83. The van der Waals surface area contributed by atoms with Crippen LogP contribution < -0.4 is 0 Å². The summed E-state index contributed by atoms with van der Waals surface area (Å²) in [5.41, 5.74) is -0.553. The zero-order valence-corrected chi connectivity index (χ0v) is 10.3. The highest BCUT2D eigenvalue weighted by molar-refractivity contribution is 5.81. The molecule has 0 amide bonds. The number of ether oxygens (including phenoxy) is 1. The van der Waals surface area contributed by atoms with Crippen LogP contribution in [0.2, 0.25) is 0 Å². The summed E-state index contributed by atoms with van der Waals surface area (Å²) >= 11 is 0. The average Bonchev–Trinajstić information content (AvgIpc) is 2.74. The van der Waals surface area contributed by atoms with Crippen molar-refractivity contribution < 1.29 is 19.1 Å². The Morgan fingerprint density at radius 3 is 2.68 bits per heavy atom. The number of carboxylic acids is 1. The average molecular weight is 260 g/mol. The smallest absolute Gasteiger partial charge is 0.322 e. The second kappa shape index (κ2) is 4.17. The van der Waals surface area contributed by atoms with Crippen molar-refractivity contribution in [3.8, 4) is 11.5 Å². The molecule has 1 aliphatic heterocycles. The second-order valence-corrected chi connectivity index (χ2v) is 4.56. The molecule has 0 spiro atoms. The predicted octanol–water partition coefficient (Wildman–Crippen LogP) is 1.40. The quantitative estimate of drug-likeness (QED) is 0.897. The molecule has 6 heteroatoms. The molecule has 2 aromatic heterocycles. The molecule has 0 unspecified atom stereocenters. The van der Waals surface area contributed by atoms with Gasteiger partial charge in [0.2, 0.25) is 0 Å². The molecule has 0 aromatic carbocycles. The van der Waals surface area contributed by atoms with Gasteiger partial charge in [-0.25, -0.2) is 9.97 Å². The number of aliphatic carboxylic acids is 1. The van der Waals surface area contributed by atoms with Crippen LogP contribution in [0, 0.1) is 6.92 Å². The van der Waals surface area contributed by atoms with Crippen LogP contribution in [0.4, 0.5) is 0 Å². The van der Waals surface area contributed by atoms with Gasteiger partial charge in [-0.05, 0) is 25.1 Å². The van der Waals surface area contributed by atoms with Gasteiger partial charge < -0.3 is 14.3 Å². The van der Waals surface area contributed by atoms with Crippen LogP contribution in [0.3, 0.4) is 0 Å². The molecule has 1 aliphatic rings. The first-order valence-corrected chi connectivity index (χ1v) is 5.83. The number of furan rings is 1. The molecule has 2 aromatic rings. The Balaban J connectivity index is 2.03. The van der Waals surface area contributed by atoms with Crippen LogP contribution in [-0.4, -0.2) is 34.3 Å². The minimum Gasteiger partial charge on any atom is -0.480 e. The van der Waals surface area contributed by atoms with E-state index < -0.39 is 11.4 Å². The summed E-state index contributed by atoms with van der Waals surface area (Å²) in [7, 11) is 0. The number of carboxylic acid groups (broad SMARTS) is 1. The Morgan fingerprint density at radius 2 is 2.16 bits per heavy atom. The fourth-order valence-corrected chi connectivity index (χ4v) is 1.95. The van der Waals surface area contributed by atoms with Crippen LogP contribution in [-0.2, 0) is 14.9 Å². The van der Waals surface area contributed by atoms with Crippen molar-refractivity contribution in [3.05, 3.63) is 36.0 Å². The molecule has 0 saturated carbocycles. The normalized spacial score (nSPS) is 16.9. The summed E-state index contributed by atoms with van der Waals surface area (Å²) in [5.74, 6) is 0.668. The molecule has 0 bridgehead atoms. The fourth-order valence-electron chi connectivity index (χ4n) is 1.95. The Hall–Kier alpha value is -2.21. The third-order valence-electron chi connectivity index (χ3n) is 3.18. The van der Waals surface area contributed by atoms with E-state index in [2.05, 4.69) is 9.97 Å². The first kappa shape index (κ1) is 11.9. The second-order valence-electron chi connectivity index (χ2n) is 4.56. The number of rotatable bonds is 3. The number of carbonyl (C=O) groups is 1. The third-order valence-corrected chi connectivity index (χ3v) is 3.18. The van der Waals surface area contributed by atoms with Crippen molar-refractivity contribution in [1.82, 2.24) is 9.97 Å². The highest BCUT2D eigenvalue weighted by atomic mass is 16.5. The zero-order valence-electron chi connectivity index (χ0n) is 10.3. The lowest BCUT2D eigenvalue weighted by molar-refractivity contribution is -0.164. The maximum absolute atomic E-state index is 11.4. The van der Waals surface area contributed by atoms with Gasteiger partial charge in [0.15, 0.2) is 17.0 Å². The van der Waals surface area contributed by atoms with Crippen LogP contribution in [0.1, 0.15) is 11.6 Å². The van der Waals surface area contributed by atoms with E-state index in [1.807, 2.05) is 13.0 Å². The van der Waals surface area contributed by atoms with Crippen molar-refractivity contribution in [3.63, 3.8) is 0 Å². The molecule has 98 valence electrons. The van der Waals surface area contributed by atoms with Crippen molar-refractivity contribution in [2.45, 2.75) is 12.3 Å². The minimum atomic E-state index is -1.13. The largest absolute Gasteiger partial charge is 0.480 e. The van der Waals surface area contributed by atoms with E-state index in [0.717, 1.165) is 5.76 Å². The van der Waals surface area contributed by atoms with E-state index in [4.69, 9.17) is 9.15 Å². The van der Waals surface area contributed by atoms with Crippen molar-refractivity contribution >= 4 is 5.97 Å². The lowest BCUT2D eigenvalue weighted by Crippen LogP contribution is -2.54. The monoisotopic (exact) mass is 260 g/mol. The predicted molar refractivity (Wildman–Crippen MR) is 64.6 cm³/mol. The van der Waals surface area contributed by atoms with Crippen LogP contribution in [0.25, 0.3) is 11.5 Å². The van der Waals surface area contributed by atoms with Gasteiger partial charge in [-0.2, -0.15) is 0 Å². The number of hydrogen-bond acceptors (Lipinski definition) is 5. The Morgan fingerprint density at radius 1 is 1.37 bits per heavy atom. The van der Waals surface area contributed by atoms with Gasteiger partial charge in [0.25, 0.3) is 0 Å². The van der Waals surface area contributed by atoms with E-state index in [9.17, 15) is 9.90 Å². The maximum Gasteiger partial charge on any atom is 0.322 e. The van der Waals surface area contributed by atoms with E-state index in [1.54, 1.807) is 18.3 Å². The van der Waals surface area contributed by atoms with Gasteiger partial charge in [-0.15, -0.1) is 0 Å². The van der Waals surface area contributed by atoms with Gasteiger partial charge in [0, 0.05) is 6.20 Å². The minimum absolute atomic E-state index is 0.100. The molecule has 3 rings (SSSR count). The molecule has 1 saturated heterocycles. The number of nitrogens with zero attached hydrogens (tertiary/aromatic N) is 2. The SMILES string of the molecule is Cc1ccc(-c2ccnc(C3(C(=O)O)COC3)n2)o1. The Kier molecular flexibility index (Phi) is 2.60. The fraction of sp³-hybridized carbons (Fsp3) is 0.308. The highest BCUT2D eigenvalue weighted by Crippen LogP contribution is 2.31. The van der Waals surface area contributed by atoms with Crippen LogP contribution in [0.15, 0.2) is 28.8 Å². The van der Waals surface area contributed by atoms with Crippen LogP contribution in [0.5, 0.6) is 0 Å². The van der Waals surface area contributed by atoms with Crippen LogP contribution >= 0.6 is 0 Å². The van der Waals surface area contributed by atoms with Gasteiger partial charge in [-0.3, -0.25) is 4.79 Å². The van der Waals surface area contributed by atoms with Gasteiger partial charge in [-0.1, -0.05) is 0 Å². The van der Waals surface area contributed by atoms with E-state index in [-0.39, 0.29) is 19.0 Å². The van der Waals surface area contributed by atoms with E-state index in [1.165, 1.54) is 0 Å². The molecule has 19 heavy (non-hydrogen) atoms. The lowest BCUT2D eigenvalue weighted by Gasteiger charge is -2.35. The molecule has 0 atom stereocenters. The molecular formula is C13H12N2O4. The molecule has 0 radical (unpaired) electrons. The maximum atomic E-state index is 11.4. The van der Waals surface area contributed by atoms with Crippen molar-refractivity contribution in [1.29, 1.82) is 0 Å². The standard InChI is InChI=1S/C13H12N2O4/c1-8-2-3-10(19-8)9-4-5-14-11(15-9)13(12(16)17)6-18-7-13/h2-5H,6-7H2,1H3,(H,16,17). The Bertz CT molecular complexity index is 631. The van der Waals surface area contributed by atoms with E-state index >= 15 is 0 Å². The summed E-state index contributed by atoms with van der Waals surface area (Å²) < 4.78 is 10.5. The number of hydrogen-bond donors (Lipinski definition) is 1. The number of aryl methyl sites for hydroxylation is 1. The van der Waals surface area contributed by atoms with Crippen molar-refractivity contribution in [2.24, 2.45) is 0 Å². The number of aromatic nitrogens is 2. The molecule has 1 fully saturated rings. The summed E-state index contributed by atoms with van der Waals surface area (Å²) in [6, 6.07) is 5.32. The summed E-state index contributed by atoms with van der Waals surface area (Å²) in [4.78, 5) is 19.8. The third kappa shape index (κ3) is 1.80. The molecule has 6 nitrogen and oxygen atoms in total. The topological polar surface area (TPSA) is 85.5 Å². The van der Waals surface area contributed by atoms with Gasteiger partial charge in [0.1, 0.15) is 11.5 Å². The summed E-state index contributed by atoms with van der Waals surface area (Å²) in [5, 5.41) is 9.32. The molecule has 0 aliphatic carbocycles. The summed E-state index contributed by atoms with van der Waals surface area (Å²) in [6.07, 6.45) is 1.54. The first-order chi connectivity index (χ1) is 9.12. The van der Waals surface area contributed by atoms with Crippen molar-refractivity contribution in [2.75, 3.05) is 13.2 Å². The highest BCUT2D eigenvalue weighted by Gasteiger charge is 2.50. The zero-order chi connectivity index (χ0) is 13.5.